The molecular formula is C16H25NO5. The molecule has 0 saturated heterocycles. The average molecular weight is 311 g/mol. The molecule has 2 aliphatic carbocycles. The second-order valence-corrected chi connectivity index (χ2v) is 7.49. The number of rotatable bonds is 3. The highest BCUT2D eigenvalue weighted by molar-refractivity contribution is 5.85. The van der Waals surface area contributed by atoms with Gasteiger partial charge in [0.25, 0.3) is 0 Å². The van der Waals surface area contributed by atoms with Crippen LogP contribution in [0.5, 0.6) is 0 Å². The van der Waals surface area contributed by atoms with Crippen molar-refractivity contribution in [1.29, 1.82) is 0 Å². The predicted molar refractivity (Wildman–Crippen MR) is 79.5 cm³/mol. The van der Waals surface area contributed by atoms with Gasteiger partial charge in [0.2, 0.25) is 0 Å². The highest BCUT2D eigenvalue weighted by Gasteiger charge is 2.61. The van der Waals surface area contributed by atoms with Gasteiger partial charge < -0.3 is 15.2 Å². The Labute approximate surface area is 130 Å². The number of carbonyl (C=O) groups is 3. The molecule has 0 aromatic heterocycles. The van der Waals surface area contributed by atoms with E-state index in [2.05, 4.69) is 5.32 Å². The summed E-state index contributed by atoms with van der Waals surface area (Å²) in [6.07, 6.45) is 2.64. The van der Waals surface area contributed by atoms with Crippen LogP contribution in [0.2, 0.25) is 0 Å². The Balaban J connectivity index is 2.22. The molecule has 0 atom stereocenters. The Morgan fingerprint density at radius 2 is 1.68 bits per heavy atom. The molecule has 2 aliphatic rings. The van der Waals surface area contributed by atoms with Crippen LogP contribution in [0.15, 0.2) is 0 Å². The molecule has 0 bridgehead atoms. The van der Waals surface area contributed by atoms with Crippen molar-refractivity contribution in [2.45, 2.75) is 76.9 Å². The quantitative estimate of drug-likeness (QED) is 0.836. The molecule has 1 amide bonds. The minimum absolute atomic E-state index is 0.101. The van der Waals surface area contributed by atoms with E-state index >= 15 is 0 Å². The molecular weight excluding hydrogens is 286 g/mol. The number of Topliss-reactive ketones (excluding diaryl/α,β-unsaturated/α-hetero) is 1. The van der Waals surface area contributed by atoms with Crippen molar-refractivity contribution < 1.29 is 24.2 Å². The first-order chi connectivity index (χ1) is 10.1. The number of hydrogen-bond acceptors (Lipinski definition) is 4. The summed E-state index contributed by atoms with van der Waals surface area (Å²) < 4.78 is 5.30. The summed E-state index contributed by atoms with van der Waals surface area (Å²) in [6.45, 7) is 5.31. The van der Waals surface area contributed by atoms with E-state index < -0.39 is 28.6 Å². The van der Waals surface area contributed by atoms with Crippen molar-refractivity contribution in [3.8, 4) is 0 Å². The number of hydrogen-bond donors (Lipinski definition) is 2. The normalized spacial score (nSPS) is 23.3. The fourth-order valence-electron chi connectivity index (χ4n) is 3.61. The predicted octanol–water partition coefficient (Wildman–Crippen LogP) is 2.65. The number of ketones is 1. The summed E-state index contributed by atoms with van der Waals surface area (Å²) in [5, 5.41) is 12.7. The Bertz CT molecular complexity index is 477. The number of aliphatic carboxylic acids is 1. The largest absolute Gasteiger partial charge is 0.481 e. The van der Waals surface area contributed by atoms with Crippen LogP contribution >= 0.6 is 0 Å². The van der Waals surface area contributed by atoms with Crippen LogP contribution in [0.25, 0.3) is 0 Å². The Morgan fingerprint density at radius 3 is 2.05 bits per heavy atom. The van der Waals surface area contributed by atoms with Gasteiger partial charge in [-0.05, 0) is 52.9 Å². The molecule has 0 spiro atoms. The van der Waals surface area contributed by atoms with Gasteiger partial charge in [-0.15, -0.1) is 0 Å². The van der Waals surface area contributed by atoms with Gasteiger partial charge >= 0.3 is 12.1 Å². The zero-order valence-corrected chi connectivity index (χ0v) is 13.5. The second kappa shape index (κ2) is 5.56. The van der Waals surface area contributed by atoms with E-state index in [4.69, 9.17) is 4.74 Å². The molecule has 0 heterocycles. The van der Waals surface area contributed by atoms with Crippen LogP contribution in [0.4, 0.5) is 4.79 Å². The van der Waals surface area contributed by atoms with Gasteiger partial charge in [0, 0.05) is 12.8 Å². The molecule has 6 nitrogen and oxygen atoms in total. The van der Waals surface area contributed by atoms with Gasteiger partial charge in [0.05, 0.1) is 11.0 Å². The van der Waals surface area contributed by atoms with Crippen LogP contribution in [-0.4, -0.2) is 34.1 Å². The molecule has 6 heteroatoms. The minimum atomic E-state index is -1.06. The van der Waals surface area contributed by atoms with E-state index in [-0.39, 0.29) is 31.5 Å². The first-order valence-corrected chi connectivity index (χ1v) is 7.87. The van der Waals surface area contributed by atoms with Crippen molar-refractivity contribution in [1.82, 2.24) is 5.32 Å². The summed E-state index contributed by atoms with van der Waals surface area (Å²) in [5.74, 6) is -0.820. The lowest BCUT2D eigenvalue weighted by molar-refractivity contribution is -0.163. The minimum Gasteiger partial charge on any atom is -0.481 e. The average Bonchev–Trinajstić information content (AvgIpc) is 2.33. The lowest BCUT2D eigenvalue weighted by Crippen LogP contribution is -2.68. The third kappa shape index (κ3) is 2.96. The van der Waals surface area contributed by atoms with Gasteiger partial charge in [0.1, 0.15) is 11.4 Å². The number of nitrogens with one attached hydrogen (secondary N) is 1. The molecule has 0 aromatic rings. The van der Waals surface area contributed by atoms with Crippen LogP contribution in [0, 0.1) is 5.41 Å². The van der Waals surface area contributed by atoms with E-state index in [1.807, 2.05) is 0 Å². The van der Waals surface area contributed by atoms with Crippen molar-refractivity contribution in [2.24, 2.45) is 5.41 Å². The summed E-state index contributed by atoms with van der Waals surface area (Å²) in [6, 6.07) is 0. The standard InChI is InChI=1S/C16H25NO5/c1-14(2,3)22-13(21)17-16(7-4-8-16)15(12(19)20)9-5-11(18)6-10-15/h4-10H2,1-3H3,(H,17,21)(H,19,20). The Kier molecular flexibility index (Phi) is 4.24. The van der Waals surface area contributed by atoms with Crippen molar-refractivity contribution in [3.05, 3.63) is 0 Å². The summed E-state index contributed by atoms with van der Waals surface area (Å²) in [5.41, 5.74) is -2.48. The summed E-state index contributed by atoms with van der Waals surface area (Å²) in [4.78, 5) is 35.6. The second-order valence-electron chi connectivity index (χ2n) is 7.49. The van der Waals surface area contributed by atoms with E-state index in [9.17, 15) is 19.5 Å². The first kappa shape index (κ1) is 16.8. The smallest absolute Gasteiger partial charge is 0.408 e. The maximum absolute atomic E-state index is 12.1. The molecule has 0 aliphatic heterocycles. The molecule has 2 rings (SSSR count). The van der Waals surface area contributed by atoms with Crippen LogP contribution in [0.1, 0.15) is 65.7 Å². The summed E-state index contributed by atoms with van der Waals surface area (Å²) in [7, 11) is 0. The van der Waals surface area contributed by atoms with Gasteiger partial charge in [0.15, 0.2) is 0 Å². The van der Waals surface area contributed by atoms with E-state index in [1.165, 1.54) is 0 Å². The Morgan fingerprint density at radius 1 is 1.14 bits per heavy atom. The van der Waals surface area contributed by atoms with Crippen LogP contribution < -0.4 is 5.32 Å². The number of carbonyl (C=O) groups excluding carboxylic acids is 2. The van der Waals surface area contributed by atoms with Gasteiger partial charge in [-0.3, -0.25) is 9.59 Å². The third-order valence-electron chi connectivity index (χ3n) is 4.93. The molecule has 2 fully saturated rings. The Hall–Kier alpha value is -1.59. The van der Waals surface area contributed by atoms with E-state index in [0.29, 0.717) is 12.8 Å². The van der Waals surface area contributed by atoms with Gasteiger partial charge in [-0.2, -0.15) is 0 Å². The van der Waals surface area contributed by atoms with Crippen molar-refractivity contribution in [2.75, 3.05) is 0 Å². The molecule has 22 heavy (non-hydrogen) atoms. The van der Waals surface area contributed by atoms with Crippen LogP contribution in [0.3, 0.4) is 0 Å². The monoisotopic (exact) mass is 311 g/mol. The number of carboxylic acids is 1. The fourth-order valence-corrected chi connectivity index (χ4v) is 3.61. The van der Waals surface area contributed by atoms with Crippen molar-refractivity contribution >= 4 is 17.8 Å². The zero-order valence-electron chi connectivity index (χ0n) is 13.5. The van der Waals surface area contributed by atoms with E-state index in [1.54, 1.807) is 20.8 Å². The SMILES string of the molecule is CC(C)(C)OC(=O)NC1(C2(C(=O)O)CCC(=O)CC2)CCC1. The molecule has 0 radical (unpaired) electrons. The number of alkyl carbamates (subject to hydrolysis) is 1. The summed E-state index contributed by atoms with van der Waals surface area (Å²) >= 11 is 0. The maximum atomic E-state index is 12.1. The van der Waals surface area contributed by atoms with E-state index in [0.717, 1.165) is 6.42 Å². The number of amides is 1. The lowest BCUT2D eigenvalue weighted by atomic mass is 9.53. The number of ether oxygens (including phenoxy) is 1. The van der Waals surface area contributed by atoms with Crippen LogP contribution in [-0.2, 0) is 14.3 Å². The van der Waals surface area contributed by atoms with Gasteiger partial charge in [-0.25, -0.2) is 4.79 Å². The molecule has 2 N–H and O–H groups in total. The number of carboxylic acid groups (broad SMARTS) is 1. The first-order valence-electron chi connectivity index (χ1n) is 7.87. The lowest BCUT2D eigenvalue weighted by Gasteiger charge is -2.55. The topological polar surface area (TPSA) is 92.7 Å². The highest BCUT2D eigenvalue weighted by atomic mass is 16.6. The highest BCUT2D eigenvalue weighted by Crippen LogP contribution is 2.53. The third-order valence-corrected chi connectivity index (χ3v) is 4.93. The zero-order chi connectivity index (χ0) is 16.6. The molecule has 0 unspecified atom stereocenters. The molecule has 124 valence electrons. The molecule has 0 aromatic carbocycles. The fraction of sp³-hybridized carbons (Fsp3) is 0.812. The van der Waals surface area contributed by atoms with Gasteiger partial charge in [-0.1, -0.05) is 0 Å². The molecule has 2 saturated carbocycles. The maximum Gasteiger partial charge on any atom is 0.408 e. The van der Waals surface area contributed by atoms with Crippen molar-refractivity contribution in [3.63, 3.8) is 0 Å².